The van der Waals surface area contributed by atoms with E-state index in [0.717, 1.165) is 11.9 Å². The van der Waals surface area contributed by atoms with Gasteiger partial charge in [-0.25, -0.2) is 8.78 Å². The molecule has 7 nitrogen and oxygen atoms in total. The molecule has 1 aliphatic rings. The molecular formula is C26H25F2N5O2. The van der Waals surface area contributed by atoms with Crippen LogP contribution in [0.4, 0.5) is 8.78 Å². The Bertz CT molecular complexity index is 1410. The Kier molecular flexibility index (Phi) is 5.94. The van der Waals surface area contributed by atoms with Gasteiger partial charge in [-0.2, -0.15) is 5.10 Å². The Labute approximate surface area is 201 Å². The summed E-state index contributed by atoms with van der Waals surface area (Å²) in [5, 5.41) is 5.23. The predicted molar refractivity (Wildman–Crippen MR) is 128 cm³/mol. The maximum absolute atomic E-state index is 15.2. The number of hydrogen-bond acceptors (Lipinski definition) is 5. The topological polar surface area (TPSA) is 63.5 Å². The van der Waals surface area contributed by atoms with Gasteiger partial charge in [0.05, 0.1) is 24.3 Å². The number of rotatable bonds is 7. The molecule has 1 aliphatic heterocycles. The van der Waals surface area contributed by atoms with E-state index in [4.69, 9.17) is 4.74 Å². The van der Waals surface area contributed by atoms with Gasteiger partial charge >= 0.3 is 0 Å². The second-order valence-corrected chi connectivity index (χ2v) is 8.91. The van der Waals surface area contributed by atoms with Crippen LogP contribution in [0.5, 0.6) is 5.75 Å². The van der Waals surface area contributed by atoms with Crippen LogP contribution in [0.1, 0.15) is 21.6 Å². The fourth-order valence-electron chi connectivity index (χ4n) is 4.31. The van der Waals surface area contributed by atoms with Gasteiger partial charge in [0.15, 0.2) is 0 Å². The quantitative estimate of drug-likeness (QED) is 0.403. The molecule has 4 aromatic rings. The molecule has 0 bridgehead atoms. The van der Waals surface area contributed by atoms with Crippen molar-refractivity contribution in [3.8, 4) is 16.9 Å². The summed E-state index contributed by atoms with van der Waals surface area (Å²) < 4.78 is 37.9. The Morgan fingerprint density at radius 3 is 2.60 bits per heavy atom. The lowest BCUT2D eigenvalue weighted by Crippen LogP contribution is -2.24. The second-order valence-electron chi connectivity index (χ2n) is 8.91. The first-order valence-corrected chi connectivity index (χ1v) is 11.3. The largest absolute Gasteiger partial charge is 0.490 e. The number of hydrogen-bond donors (Lipinski definition) is 0. The normalized spacial score (nSPS) is 13.2. The molecule has 0 atom stereocenters. The van der Waals surface area contributed by atoms with E-state index in [1.165, 1.54) is 17.0 Å². The third-order valence-electron chi connectivity index (χ3n) is 6.10. The van der Waals surface area contributed by atoms with Crippen molar-refractivity contribution in [3.05, 3.63) is 77.2 Å². The zero-order chi connectivity index (χ0) is 24.7. The zero-order valence-electron chi connectivity index (χ0n) is 19.8. The molecule has 0 unspecified atom stereocenters. The molecule has 35 heavy (non-hydrogen) atoms. The molecular weight excluding hydrogens is 452 g/mol. The monoisotopic (exact) mass is 477 g/mol. The van der Waals surface area contributed by atoms with E-state index in [-0.39, 0.29) is 24.6 Å². The molecule has 5 rings (SSSR count). The van der Waals surface area contributed by atoms with E-state index in [0.29, 0.717) is 40.3 Å². The van der Waals surface area contributed by atoms with Crippen molar-refractivity contribution in [1.29, 1.82) is 0 Å². The number of pyridine rings is 1. The molecule has 0 fully saturated rings. The van der Waals surface area contributed by atoms with E-state index >= 15 is 8.78 Å². The molecule has 0 aliphatic carbocycles. The van der Waals surface area contributed by atoms with Gasteiger partial charge in [-0.3, -0.25) is 14.5 Å². The number of benzene rings is 2. The molecule has 2 aromatic carbocycles. The van der Waals surface area contributed by atoms with Gasteiger partial charge in [0.2, 0.25) is 0 Å². The lowest BCUT2D eigenvalue weighted by molar-refractivity contribution is 0.0763. The van der Waals surface area contributed by atoms with Crippen LogP contribution >= 0.6 is 0 Å². The molecule has 0 spiro atoms. The van der Waals surface area contributed by atoms with E-state index < -0.39 is 11.6 Å². The lowest BCUT2D eigenvalue weighted by atomic mass is 9.99. The van der Waals surface area contributed by atoms with Gasteiger partial charge in [0.25, 0.3) is 5.91 Å². The fourth-order valence-corrected chi connectivity index (χ4v) is 4.31. The zero-order valence-corrected chi connectivity index (χ0v) is 19.8. The first kappa shape index (κ1) is 22.9. The minimum atomic E-state index is -0.708. The number of likely N-dealkylation sites (N-methyl/N-ethyl adjacent to an activating group) is 1. The molecule has 0 N–H and O–H groups in total. The molecule has 3 heterocycles. The van der Waals surface area contributed by atoms with Crippen molar-refractivity contribution < 1.29 is 18.3 Å². The highest BCUT2D eigenvalue weighted by atomic mass is 19.1. The second kappa shape index (κ2) is 9.07. The average Bonchev–Trinajstić information content (AvgIpc) is 3.36. The van der Waals surface area contributed by atoms with Crippen LogP contribution in [0.2, 0.25) is 0 Å². The summed E-state index contributed by atoms with van der Waals surface area (Å²) >= 11 is 0. The summed E-state index contributed by atoms with van der Waals surface area (Å²) in [6.07, 6.45) is 3.41. The number of carbonyl (C=O) groups excluding carboxylic acids is 1. The van der Waals surface area contributed by atoms with Gasteiger partial charge in [-0.05, 0) is 61.6 Å². The maximum atomic E-state index is 15.2. The van der Waals surface area contributed by atoms with Crippen LogP contribution in [-0.2, 0) is 20.1 Å². The first-order chi connectivity index (χ1) is 16.8. The molecule has 2 aromatic heterocycles. The first-order valence-electron chi connectivity index (χ1n) is 11.3. The van der Waals surface area contributed by atoms with E-state index in [9.17, 15) is 4.79 Å². The highest BCUT2D eigenvalue weighted by Crippen LogP contribution is 2.35. The minimum absolute atomic E-state index is 0.152. The molecule has 0 saturated carbocycles. The van der Waals surface area contributed by atoms with Crippen molar-refractivity contribution in [2.75, 3.05) is 27.2 Å². The molecule has 180 valence electrons. The minimum Gasteiger partial charge on any atom is -0.490 e. The Morgan fingerprint density at radius 1 is 1.11 bits per heavy atom. The molecule has 0 radical (unpaired) electrons. The van der Waals surface area contributed by atoms with Gasteiger partial charge in [0, 0.05) is 36.9 Å². The summed E-state index contributed by atoms with van der Waals surface area (Å²) in [7, 11) is 5.72. The smallest absolute Gasteiger partial charge is 0.256 e. The van der Waals surface area contributed by atoms with Crippen molar-refractivity contribution in [2.24, 2.45) is 7.05 Å². The fraction of sp³-hybridized carbons (Fsp3) is 0.269. The van der Waals surface area contributed by atoms with Crippen molar-refractivity contribution >= 4 is 16.8 Å². The highest BCUT2D eigenvalue weighted by molar-refractivity contribution is 5.98. The van der Waals surface area contributed by atoms with Gasteiger partial charge < -0.3 is 14.5 Å². The summed E-state index contributed by atoms with van der Waals surface area (Å²) in [5.74, 6) is -1.08. The average molecular weight is 478 g/mol. The van der Waals surface area contributed by atoms with Crippen LogP contribution < -0.4 is 4.74 Å². The summed E-state index contributed by atoms with van der Waals surface area (Å²) in [4.78, 5) is 20.2. The number of nitrogens with zero attached hydrogens (tertiary/aromatic N) is 5. The number of aromatic nitrogens is 3. The molecule has 9 heteroatoms. The molecule has 1 amide bonds. The Balaban J connectivity index is 1.45. The van der Waals surface area contributed by atoms with E-state index in [2.05, 4.69) is 10.1 Å². The van der Waals surface area contributed by atoms with Crippen molar-refractivity contribution in [1.82, 2.24) is 24.6 Å². The van der Waals surface area contributed by atoms with Crippen molar-refractivity contribution in [2.45, 2.75) is 13.1 Å². The van der Waals surface area contributed by atoms with E-state index in [1.54, 1.807) is 48.4 Å². The number of halogens is 2. The van der Waals surface area contributed by atoms with Crippen LogP contribution in [0.25, 0.3) is 22.0 Å². The number of carbonyl (C=O) groups is 1. The van der Waals surface area contributed by atoms with Crippen LogP contribution in [-0.4, -0.2) is 57.7 Å². The van der Waals surface area contributed by atoms with Crippen LogP contribution in [0.15, 0.2) is 48.8 Å². The van der Waals surface area contributed by atoms with Crippen LogP contribution in [0.3, 0.4) is 0 Å². The summed E-state index contributed by atoms with van der Waals surface area (Å²) in [6.45, 7) is 1.29. The number of ether oxygens (including phenoxy) is 1. The Morgan fingerprint density at radius 2 is 1.89 bits per heavy atom. The SMILES string of the molecule is CN(C)CCOc1ccc(-c2cc(F)c(CN3Cc4ncccc4C3=O)c(F)c2)c2cn(C)nc12. The number of aryl methyl sites for hydroxylation is 1. The maximum Gasteiger partial charge on any atom is 0.256 e. The van der Waals surface area contributed by atoms with Crippen LogP contribution in [0, 0.1) is 11.6 Å². The van der Waals surface area contributed by atoms with E-state index in [1.807, 2.05) is 19.0 Å². The Hall–Kier alpha value is -3.85. The van der Waals surface area contributed by atoms with Gasteiger partial charge in [-0.15, -0.1) is 0 Å². The summed E-state index contributed by atoms with van der Waals surface area (Å²) in [5.41, 5.74) is 2.59. The highest BCUT2D eigenvalue weighted by Gasteiger charge is 2.29. The summed E-state index contributed by atoms with van der Waals surface area (Å²) in [6, 6.07) is 9.52. The van der Waals surface area contributed by atoms with Gasteiger partial charge in [0.1, 0.15) is 29.5 Å². The molecule has 0 saturated heterocycles. The standard InChI is InChI=1S/C26H25F2N5O2/c1-31(2)9-10-35-24-7-6-17(19-13-32(3)30-25(19)24)16-11-21(27)20(22(28)12-16)14-33-15-23-18(26(33)34)5-4-8-29-23/h4-8,11-13H,9-10,14-15H2,1-3H3. The number of amides is 1. The third-order valence-corrected chi connectivity index (χ3v) is 6.10. The van der Waals surface area contributed by atoms with Gasteiger partial charge in [-0.1, -0.05) is 0 Å². The third kappa shape index (κ3) is 4.35. The number of fused-ring (bicyclic) bond motifs is 2. The lowest BCUT2D eigenvalue weighted by Gasteiger charge is -2.17. The predicted octanol–water partition coefficient (Wildman–Crippen LogP) is 4.01. The van der Waals surface area contributed by atoms with Crippen molar-refractivity contribution in [3.63, 3.8) is 0 Å².